The van der Waals surface area contributed by atoms with Crippen LogP contribution in [0.4, 0.5) is 13.2 Å². The molecule has 2 heterocycles. The molecule has 0 amide bonds. The molecule has 1 aromatic carbocycles. The van der Waals surface area contributed by atoms with Crippen LogP contribution in [0.1, 0.15) is 29.7 Å². The van der Waals surface area contributed by atoms with Gasteiger partial charge in [-0.05, 0) is 63.2 Å². The first-order valence-electron chi connectivity index (χ1n) is 8.86. The Morgan fingerprint density at radius 1 is 1.25 bits per heavy atom. The van der Waals surface area contributed by atoms with Gasteiger partial charge in [0.1, 0.15) is 17.2 Å². The molecule has 0 saturated carbocycles. The molecule has 1 aliphatic heterocycles. The predicted octanol–water partition coefficient (Wildman–Crippen LogP) is 3.70. The lowest BCUT2D eigenvalue weighted by molar-refractivity contribution is -0.137. The van der Waals surface area contributed by atoms with Crippen LogP contribution < -0.4 is 0 Å². The maximum atomic E-state index is 12.8. The van der Waals surface area contributed by atoms with E-state index in [9.17, 15) is 23.5 Å². The molecule has 150 valence electrons. The van der Waals surface area contributed by atoms with Crippen LogP contribution in [0.5, 0.6) is 5.75 Å². The third-order valence-electron chi connectivity index (χ3n) is 4.95. The first-order valence-corrected chi connectivity index (χ1v) is 8.86. The molecule has 1 fully saturated rings. The van der Waals surface area contributed by atoms with Gasteiger partial charge in [-0.3, -0.25) is 0 Å². The number of alkyl halides is 3. The van der Waals surface area contributed by atoms with Crippen molar-refractivity contribution in [3.63, 3.8) is 0 Å². The number of likely N-dealkylation sites (tertiary alicyclic amines) is 1. The summed E-state index contributed by atoms with van der Waals surface area (Å²) < 4.78 is 38.4. The highest BCUT2D eigenvalue weighted by Crippen LogP contribution is 2.36. The van der Waals surface area contributed by atoms with Crippen molar-refractivity contribution in [3.8, 4) is 17.0 Å². The fraction of sp³-hybridized carbons (Fsp3) is 0.421. The SMILES string of the molecule is Cc1cc(/C(=N/O)C2CCCN(C)C2)nnc1-c1ccc(C(F)(F)F)cc1O. The Morgan fingerprint density at radius 3 is 2.57 bits per heavy atom. The number of nitrogens with zero attached hydrogens (tertiary/aromatic N) is 4. The molecule has 6 nitrogen and oxygen atoms in total. The van der Waals surface area contributed by atoms with Gasteiger partial charge in [-0.2, -0.15) is 13.2 Å². The highest BCUT2D eigenvalue weighted by atomic mass is 19.4. The summed E-state index contributed by atoms with van der Waals surface area (Å²) in [6.45, 7) is 3.43. The molecule has 1 saturated heterocycles. The molecular formula is C19H21F3N4O2. The summed E-state index contributed by atoms with van der Waals surface area (Å²) in [6.07, 6.45) is -2.70. The number of hydrogen-bond donors (Lipinski definition) is 2. The van der Waals surface area contributed by atoms with E-state index in [0.717, 1.165) is 32.0 Å². The van der Waals surface area contributed by atoms with Crippen molar-refractivity contribution in [2.24, 2.45) is 11.1 Å². The van der Waals surface area contributed by atoms with Crippen molar-refractivity contribution in [2.75, 3.05) is 20.1 Å². The summed E-state index contributed by atoms with van der Waals surface area (Å²) in [7, 11) is 1.99. The van der Waals surface area contributed by atoms with Crippen molar-refractivity contribution >= 4 is 5.71 Å². The van der Waals surface area contributed by atoms with Crippen LogP contribution in [0.25, 0.3) is 11.3 Å². The van der Waals surface area contributed by atoms with E-state index < -0.39 is 17.5 Å². The van der Waals surface area contributed by atoms with Gasteiger partial charge in [-0.25, -0.2) is 0 Å². The van der Waals surface area contributed by atoms with E-state index in [1.54, 1.807) is 13.0 Å². The van der Waals surface area contributed by atoms with E-state index in [4.69, 9.17) is 0 Å². The van der Waals surface area contributed by atoms with Gasteiger partial charge >= 0.3 is 6.18 Å². The molecule has 0 bridgehead atoms. The maximum Gasteiger partial charge on any atom is 0.416 e. The zero-order chi connectivity index (χ0) is 20.5. The smallest absolute Gasteiger partial charge is 0.416 e. The van der Waals surface area contributed by atoms with E-state index in [0.29, 0.717) is 23.0 Å². The van der Waals surface area contributed by atoms with E-state index in [-0.39, 0.29) is 17.2 Å². The minimum Gasteiger partial charge on any atom is -0.507 e. The first kappa shape index (κ1) is 20.1. The Kier molecular flexibility index (Phi) is 5.55. The highest BCUT2D eigenvalue weighted by molar-refractivity contribution is 6.00. The largest absolute Gasteiger partial charge is 0.507 e. The topological polar surface area (TPSA) is 81.8 Å². The van der Waals surface area contributed by atoms with E-state index in [2.05, 4.69) is 20.3 Å². The van der Waals surface area contributed by atoms with Crippen LogP contribution in [-0.2, 0) is 6.18 Å². The quantitative estimate of drug-likeness (QED) is 0.471. The third kappa shape index (κ3) is 4.09. The minimum absolute atomic E-state index is 0.0165. The van der Waals surface area contributed by atoms with Crippen molar-refractivity contribution in [3.05, 3.63) is 41.1 Å². The van der Waals surface area contributed by atoms with Crippen LogP contribution in [-0.4, -0.2) is 51.3 Å². The van der Waals surface area contributed by atoms with Gasteiger partial charge in [0.15, 0.2) is 0 Å². The predicted molar refractivity (Wildman–Crippen MR) is 97.4 cm³/mol. The molecule has 2 N–H and O–H groups in total. The zero-order valence-electron chi connectivity index (χ0n) is 15.5. The Hall–Kier alpha value is -2.68. The lowest BCUT2D eigenvalue weighted by Gasteiger charge is -2.29. The monoisotopic (exact) mass is 394 g/mol. The normalized spacial score (nSPS) is 19.0. The molecule has 28 heavy (non-hydrogen) atoms. The van der Waals surface area contributed by atoms with Crippen molar-refractivity contribution in [1.82, 2.24) is 15.1 Å². The van der Waals surface area contributed by atoms with Crippen molar-refractivity contribution in [1.29, 1.82) is 0 Å². The number of halogens is 3. The molecule has 9 heteroatoms. The fourth-order valence-corrected chi connectivity index (χ4v) is 3.52. The van der Waals surface area contributed by atoms with Crippen molar-refractivity contribution in [2.45, 2.75) is 25.9 Å². The number of benzene rings is 1. The number of phenols is 1. The lowest BCUT2D eigenvalue weighted by atomic mass is 9.91. The average Bonchev–Trinajstić information content (AvgIpc) is 2.62. The molecule has 0 aliphatic carbocycles. The number of aryl methyl sites for hydroxylation is 1. The molecule has 1 unspecified atom stereocenters. The molecule has 0 spiro atoms. The number of aromatic nitrogens is 2. The third-order valence-corrected chi connectivity index (χ3v) is 4.95. The maximum absolute atomic E-state index is 12.8. The van der Waals surface area contributed by atoms with Gasteiger partial charge in [0.25, 0.3) is 0 Å². The van der Waals surface area contributed by atoms with Gasteiger partial charge < -0.3 is 15.2 Å². The number of rotatable bonds is 3. The molecule has 0 radical (unpaired) electrons. The Morgan fingerprint density at radius 2 is 2.00 bits per heavy atom. The number of oxime groups is 1. The van der Waals surface area contributed by atoms with Gasteiger partial charge in [0.2, 0.25) is 0 Å². The Labute approximate surface area is 160 Å². The summed E-state index contributed by atoms with van der Waals surface area (Å²) in [4.78, 5) is 2.15. The highest BCUT2D eigenvalue weighted by Gasteiger charge is 2.31. The molecule has 1 aromatic heterocycles. The van der Waals surface area contributed by atoms with E-state index in [1.165, 1.54) is 6.07 Å². The van der Waals surface area contributed by atoms with Gasteiger partial charge in [-0.1, -0.05) is 5.16 Å². The second-order valence-corrected chi connectivity index (χ2v) is 7.08. The van der Waals surface area contributed by atoms with Crippen LogP contribution in [0.15, 0.2) is 29.4 Å². The summed E-state index contributed by atoms with van der Waals surface area (Å²) in [5, 5.41) is 31.2. The van der Waals surface area contributed by atoms with Crippen LogP contribution in [0.2, 0.25) is 0 Å². The molecule has 2 aromatic rings. The Balaban J connectivity index is 1.92. The van der Waals surface area contributed by atoms with Gasteiger partial charge in [-0.15, -0.1) is 10.2 Å². The summed E-state index contributed by atoms with van der Waals surface area (Å²) >= 11 is 0. The fourth-order valence-electron chi connectivity index (χ4n) is 3.52. The number of hydrogen-bond acceptors (Lipinski definition) is 6. The number of aromatic hydroxyl groups is 1. The van der Waals surface area contributed by atoms with Gasteiger partial charge in [0, 0.05) is 18.0 Å². The minimum atomic E-state index is -4.54. The van der Waals surface area contributed by atoms with Crippen LogP contribution in [0, 0.1) is 12.8 Å². The van der Waals surface area contributed by atoms with E-state index >= 15 is 0 Å². The van der Waals surface area contributed by atoms with Gasteiger partial charge in [0.05, 0.1) is 11.3 Å². The Bertz CT molecular complexity index is 899. The molecular weight excluding hydrogens is 373 g/mol. The average molecular weight is 394 g/mol. The summed E-state index contributed by atoms with van der Waals surface area (Å²) in [6, 6.07) is 4.40. The van der Waals surface area contributed by atoms with Crippen LogP contribution >= 0.6 is 0 Å². The zero-order valence-corrected chi connectivity index (χ0v) is 15.5. The molecule has 1 aliphatic rings. The molecule has 3 rings (SSSR count). The number of phenolic OH excluding ortho intramolecular Hbond substituents is 1. The first-order chi connectivity index (χ1) is 13.2. The summed E-state index contributed by atoms with van der Waals surface area (Å²) in [5.74, 6) is -0.507. The van der Waals surface area contributed by atoms with Crippen LogP contribution in [0.3, 0.4) is 0 Å². The summed E-state index contributed by atoms with van der Waals surface area (Å²) in [5.41, 5.74) is 0.940. The molecule has 1 atom stereocenters. The second-order valence-electron chi connectivity index (χ2n) is 7.08. The standard InChI is InChI=1S/C19H21F3N4O2/c1-11-8-15(18(25-28)12-4-3-7-26(2)10-12)23-24-17(11)14-6-5-13(9-16(14)27)19(20,21)22/h5-6,8-9,12,27-28H,3-4,7,10H2,1-2H3/b25-18+. The second kappa shape index (κ2) is 7.75. The van der Waals surface area contributed by atoms with E-state index in [1.807, 2.05) is 7.05 Å². The van der Waals surface area contributed by atoms with Crippen molar-refractivity contribution < 1.29 is 23.5 Å². The lowest BCUT2D eigenvalue weighted by Crippen LogP contribution is -2.36. The number of piperidine rings is 1.